The van der Waals surface area contributed by atoms with E-state index >= 15 is 0 Å². The topological polar surface area (TPSA) is 56.7 Å². The zero-order valence-corrected chi connectivity index (χ0v) is 16.1. The Labute approximate surface area is 169 Å². The lowest BCUT2D eigenvalue weighted by atomic mass is 10.0. The van der Waals surface area contributed by atoms with Gasteiger partial charge in [-0.05, 0) is 55.2 Å². The van der Waals surface area contributed by atoms with Crippen molar-refractivity contribution in [2.75, 3.05) is 11.9 Å². The largest absolute Gasteiger partial charge is 0.379 e. The number of carbonyl (C=O) groups is 1. The molecule has 0 saturated heterocycles. The summed E-state index contributed by atoms with van der Waals surface area (Å²) >= 11 is 5.92. The van der Waals surface area contributed by atoms with E-state index in [1.165, 1.54) is 5.01 Å². The first kappa shape index (κ1) is 18.3. The standard InChI is InChI=1S/C22H21ClN4O/c23-17-10-12-18(13-11-17)24-15-19-14-22(28)27-21(25-19)9-5-4-8-20(26-27)16-6-2-1-3-7-16/h1-3,6-7,9-14,24-25H,4-5,8,15H2/b21-9+,26-20+. The molecule has 2 aliphatic rings. The molecule has 4 rings (SSSR count). The van der Waals surface area contributed by atoms with Crippen LogP contribution in [-0.2, 0) is 4.79 Å². The zero-order chi connectivity index (χ0) is 19.3. The molecule has 0 aromatic heterocycles. The molecule has 2 heterocycles. The van der Waals surface area contributed by atoms with Crippen LogP contribution in [0.25, 0.3) is 0 Å². The molecule has 0 bridgehead atoms. The summed E-state index contributed by atoms with van der Waals surface area (Å²) in [5.74, 6) is 0.571. The van der Waals surface area contributed by atoms with Crippen molar-refractivity contribution in [3.05, 3.63) is 88.9 Å². The van der Waals surface area contributed by atoms with Crippen molar-refractivity contribution in [2.45, 2.75) is 19.3 Å². The van der Waals surface area contributed by atoms with Gasteiger partial charge in [0.25, 0.3) is 5.91 Å². The van der Waals surface area contributed by atoms with Gasteiger partial charge in [-0.1, -0.05) is 41.9 Å². The number of amides is 1. The number of halogens is 1. The number of nitrogens with one attached hydrogen (secondary N) is 2. The summed E-state index contributed by atoms with van der Waals surface area (Å²) < 4.78 is 0. The van der Waals surface area contributed by atoms with Gasteiger partial charge in [0, 0.05) is 22.5 Å². The summed E-state index contributed by atoms with van der Waals surface area (Å²) in [6.07, 6.45) is 6.34. The zero-order valence-electron chi connectivity index (χ0n) is 15.4. The molecule has 0 atom stereocenters. The van der Waals surface area contributed by atoms with Gasteiger partial charge >= 0.3 is 0 Å². The molecule has 142 valence electrons. The predicted molar refractivity (Wildman–Crippen MR) is 113 cm³/mol. The van der Waals surface area contributed by atoms with Crippen molar-refractivity contribution in [1.82, 2.24) is 10.3 Å². The van der Waals surface area contributed by atoms with Crippen LogP contribution in [0.15, 0.2) is 83.4 Å². The number of hydrogen-bond acceptors (Lipinski definition) is 4. The third-order valence-electron chi connectivity index (χ3n) is 4.63. The molecule has 1 amide bonds. The van der Waals surface area contributed by atoms with E-state index in [9.17, 15) is 4.79 Å². The summed E-state index contributed by atoms with van der Waals surface area (Å²) in [6, 6.07) is 17.5. The van der Waals surface area contributed by atoms with Gasteiger partial charge in [-0.2, -0.15) is 10.1 Å². The first-order chi connectivity index (χ1) is 13.7. The van der Waals surface area contributed by atoms with E-state index in [-0.39, 0.29) is 5.91 Å². The second kappa shape index (κ2) is 8.31. The molecule has 28 heavy (non-hydrogen) atoms. The van der Waals surface area contributed by atoms with Gasteiger partial charge in [-0.15, -0.1) is 0 Å². The Balaban J connectivity index is 1.53. The van der Waals surface area contributed by atoms with Crippen molar-refractivity contribution in [2.24, 2.45) is 5.10 Å². The van der Waals surface area contributed by atoms with Crippen LogP contribution in [0.3, 0.4) is 0 Å². The average Bonchev–Trinajstić information content (AvgIpc) is 2.69. The number of carbonyl (C=O) groups excluding carboxylic acids is 1. The Morgan fingerprint density at radius 1 is 1.11 bits per heavy atom. The highest BCUT2D eigenvalue weighted by molar-refractivity contribution is 6.30. The SMILES string of the molecule is O=C1C=C(CNc2ccc(Cl)cc2)N/C2=C\CCC/C(c3ccccc3)=N\N12. The van der Waals surface area contributed by atoms with Crippen LogP contribution in [0.1, 0.15) is 24.8 Å². The number of anilines is 1. The van der Waals surface area contributed by atoms with Gasteiger partial charge in [0.1, 0.15) is 5.82 Å². The first-order valence-electron chi connectivity index (χ1n) is 9.33. The third-order valence-corrected chi connectivity index (χ3v) is 4.89. The molecule has 5 nitrogen and oxygen atoms in total. The maximum absolute atomic E-state index is 12.8. The fourth-order valence-electron chi connectivity index (χ4n) is 3.19. The molecular weight excluding hydrogens is 372 g/mol. The number of fused-ring (bicyclic) bond motifs is 1. The van der Waals surface area contributed by atoms with E-state index < -0.39 is 0 Å². The van der Waals surface area contributed by atoms with Gasteiger partial charge in [0.05, 0.1) is 12.3 Å². The molecule has 6 heteroatoms. The predicted octanol–water partition coefficient (Wildman–Crippen LogP) is 4.50. The van der Waals surface area contributed by atoms with Crippen molar-refractivity contribution in [3.63, 3.8) is 0 Å². The third kappa shape index (κ3) is 4.26. The van der Waals surface area contributed by atoms with Crippen LogP contribution in [-0.4, -0.2) is 23.2 Å². The number of hydrazone groups is 1. The monoisotopic (exact) mass is 392 g/mol. The Bertz CT molecular complexity index is 948. The van der Waals surface area contributed by atoms with Crippen LogP contribution in [0, 0.1) is 0 Å². The first-order valence-corrected chi connectivity index (χ1v) is 9.71. The summed E-state index contributed by atoms with van der Waals surface area (Å²) in [5.41, 5.74) is 3.73. The molecule has 0 aliphatic carbocycles. The molecule has 0 fully saturated rings. The van der Waals surface area contributed by atoms with Crippen molar-refractivity contribution in [1.29, 1.82) is 0 Å². The molecule has 2 N–H and O–H groups in total. The van der Waals surface area contributed by atoms with Gasteiger partial charge in [-0.3, -0.25) is 4.79 Å². The Morgan fingerprint density at radius 3 is 2.68 bits per heavy atom. The second-order valence-corrected chi connectivity index (χ2v) is 7.14. The Morgan fingerprint density at radius 2 is 1.89 bits per heavy atom. The summed E-state index contributed by atoms with van der Waals surface area (Å²) in [7, 11) is 0. The minimum Gasteiger partial charge on any atom is -0.379 e. The number of allylic oxidation sites excluding steroid dienone is 1. The minimum atomic E-state index is -0.145. The van der Waals surface area contributed by atoms with Crippen LogP contribution < -0.4 is 10.6 Å². The van der Waals surface area contributed by atoms with Crippen LogP contribution >= 0.6 is 11.6 Å². The summed E-state index contributed by atoms with van der Waals surface area (Å²) in [5, 5.41) is 13.5. The highest BCUT2D eigenvalue weighted by atomic mass is 35.5. The van der Waals surface area contributed by atoms with Gasteiger partial charge in [-0.25, -0.2) is 0 Å². The smallest absolute Gasteiger partial charge is 0.274 e. The van der Waals surface area contributed by atoms with Gasteiger partial charge in [0.2, 0.25) is 0 Å². The summed E-state index contributed by atoms with van der Waals surface area (Å²) in [4.78, 5) is 12.8. The number of rotatable bonds is 4. The van der Waals surface area contributed by atoms with E-state index in [2.05, 4.69) is 15.7 Å². The molecule has 0 radical (unpaired) electrons. The molecule has 0 unspecified atom stereocenters. The molecular formula is C22H21ClN4O. The highest BCUT2D eigenvalue weighted by Crippen LogP contribution is 2.21. The molecule has 2 aliphatic heterocycles. The van der Waals surface area contributed by atoms with E-state index in [4.69, 9.17) is 11.6 Å². The van der Waals surface area contributed by atoms with Crippen LogP contribution in [0.4, 0.5) is 5.69 Å². The number of nitrogens with zero attached hydrogens (tertiary/aromatic N) is 2. The lowest BCUT2D eigenvalue weighted by Crippen LogP contribution is -2.39. The van der Waals surface area contributed by atoms with Crippen molar-refractivity contribution < 1.29 is 4.79 Å². The maximum atomic E-state index is 12.8. The molecule has 0 spiro atoms. The molecule has 2 aromatic rings. The minimum absolute atomic E-state index is 0.145. The lowest BCUT2D eigenvalue weighted by Gasteiger charge is -2.29. The summed E-state index contributed by atoms with van der Waals surface area (Å²) in [6.45, 7) is 0.508. The van der Waals surface area contributed by atoms with E-state index in [0.29, 0.717) is 17.4 Å². The van der Waals surface area contributed by atoms with E-state index in [1.54, 1.807) is 6.08 Å². The number of hydrogen-bond donors (Lipinski definition) is 2. The maximum Gasteiger partial charge on any atom is 0.274 e. The van der Waals surface area contributed by atoms with Crippen LogP contribution in [0.5, 0.6) is 0 Å². The van der Waals surface area contributed by atoms with Crippen molar-refractivity contribution >= 4 is 28.9 Å². The quantitative estimate of drug-likeness (QED) is 0.805. The second-order valence-electron chi connectivity index (χ2n) is 6.70. The molecule has 2 aromatic carbocycles. The van der Waals surface area contributed by atoms with Crippen molar-refractivity contribution in [3.8, 4) is 0 Å². The Kier molecular flexibility index (Phi) is 5.44. The van der Waals surface area contributed by atoms with Gasteiger partial charge < -0.3 is 10.6 Å². The van der Waals surface area contributed by atoms with Gasteiger partial charge in [0.15, 0.2) is 0 Å². The van der Waals surface area contributed by atoms with Crippen LogP contribution in [0.2, 0.25) is 5.02 Å². The average molecular weight is 393 g/mol. The number of benzene rings is 2. The fraction of sp³-hybridized carbons (Fsp3) is 0.182. The fourth-order valence-corrected chi connectivity index (χ4v) is 3.32. The lowest BCUT2D eigenvalue weighted by molar-refractivity contribution is -0.125. The Hall–Kier alpha value is -3.05. The highest BCUT2D eigenvalue weighted by Gasteiger charge is 2.24. The van der Waals surface area contributed by atoms with E-state index in [1.807, 2.05) is 60.7 Å². The molecule has 0 saturated carbocycles. The normalized spacial score (nSPS) is 20.4. The van der Waals surface area contributed by atoms with E-state index in [0.717, 1.165) is 41.9 Å².